The van der Waals surface area contributed by atoms with Gasteiger partial charge in [0.1, 0.15) is 0 Å². The number of urea groups is 1. The van der Waals surface area contributed by atoms with E-state index < -0.39 is 6.03 Å². The zero-order valence-electron chi connectivity index (χ0n) is 6.17. The molecular formula is C7H8IN3O. The Morgan fingerprint density at radius 3 is 2.67 bits per heavy atom. The number of carbonyl (C=O) groups excluding carboxylic acids is 1. The molecule has 0 fully saturated rings. The highest BCUT2D eigenvalue weighted by Crippen LogP contribution is 2.20. The molecule has 12 heavy (non-hydrogen) atoms. The van der Waals surface area contributed by atoms with E-state index in [-0.39, 0.29) is 0 Å². The van der Waals surface area contributed by atoms with Crippen LogP contribution < -0.4 is 16.8 Å². The Morgan fingerprint density at radius 1 is 1.50 bits per heavy atom. The van der Waals surface area contributed by atoms with E-state index in [9.17, 15) is 4.79 Å². The molecule has 0 radical (unpaired) electrons. The van der Waals surface area contributed by atoms with Crippen molar-refractivity contribution in [2.24, 2.45) is 5.73 Å². The molecule has 0 spiro atoms. The molecule has 5 heteroatoms. The van der Waals surface area contributed by atoms with Gasteiger partial charge in [-0.1, -0.05) is 0 Å². The van der Waals surface area contributed by atoms with Crippen molar-refractivity contribution in [1.29, 1.82) is 0 Å². The van der Waals surface area contributed by atoms with Crippen LogP contribution in [0.3, 0.4) is 0 Å². The molecule has 1 aromatic rings. The molecule has 1 aromatic carbocycles. The summed E-state index contributed by atoms with van der Waals surface area (Å²) >= 11 is 2.13. The zero-order valence-corrected chi connectivity index (χ0v) is 8.33. The normalized spacial score (nSPS) is 9.42. The van der Waals surface area contributed by atoms with Gasteiger partial charge in [-0.15, -0.1) is 0 Å². The van der Waals surface area contributed by atoms with Gasteiger partial charge in [0.15, 0.2) is 0 Å². The highest BCUT2D eigenvalue weighted by atomic mass is 127. The molecular weight excluding hydrogens is 269 g/mol. The highest BCUT2D eigenvalue weighted by molar-refractivity contribution is 14.1. The Morgan fingerprint density at radius 2 is 2.17 bits per heavy atom. The Hall–Kier alpha value is -0.980. The molecule has 0 bridgehead atoms. The van der Waals surface area contributed by atoms with Crippen LogP contribution in [0.1, 0.15) is 0 Å². The lowest BCUT2D eigenvalue weighted by Crippen LogP contribution is -2.20. The van der Waals surface area contributed by atoms with Crippen molar-refractivity contribution in [3.8, 4) is 0 Å². The minimum absolute atomic E-state index is 0.515. The van der Waals surface area contributed by atoms with Crippen molar-refractivity contribution < 1.29 is 4.79 Å². The summed E-state index contributed by atoms with van der Waals surface area (Å²) in [5.74, 6) is 0. The fourth-order valence-corrected chi connectivity index (χ4v) is 1.30. The van der Waals surface area contributed by atoms with Crippen LogP contribution in [0.25, 0.3) is 0 Å². The van der Waals surface area contributed by atoms with Crippen molar-refractivity contribution in [1.82, 2.24) is 0 Å². The van der Waals surface area contributed by atoms with Gasteiger partial charge in [0.25, 0.3) is 0 Å². The van der Waals surface area contributed by atoms with Crippen LogP contribution in [0.2, 0.25) is 0 Å². The number of nitrogens with two attached hydrogens (primary N) is 2. The summed E-state index contributed by atoms with van der Waals surface area (Å²) in [5.41, 5.74) is 11.6. The number of halogens is 1. The number of benzene rings is 1. The lowest BCUT2D eigenvalue weighted by Gasteiger charge is -2.04. The Kier molecular flexibility index (Phi) is 2.74. The number of nitrogens with one attached hydrogen (secondary N) is 1. The molecule has 4 nitrogen and oxygen atoms in total. The molecule has 0 aliphatic rings. The first-order valence-corrected chi connectivity index (χ1v) is 4.29. The average Bonchev–Trinajstić information content (AvgIpc) is 1.94. The molecule has 0 heterocycles. The Balaban J connectivity index is 2.93. The predicted molar refractivity (Wildman–Crippen MR) is 56.8 cm³/mol. The Labute approximate surface area is 83.4 Å². The monoisotopic (exact) mass is 277 g/mol. The molecule has 0 unspecified atom stereocenters. The lowest BCUT2D eigenvalue weighted by molar-refractivity contribution is 0.259. The van der Waals surface area contributed by atoms with Crippen LogP contribution in [-0.2, 0) is 0 Å². The first-order valence-electron chi connectivity index (χ1n) is 3.21. The zero-order chi connectivity index (χ0) is 9.14. The number of rotatable bonds is 1. The number of hydrogen-bond acceptors (Lipinski definition) is 2. The van der Waals surface area contributed by atoms with E-state index in [2.05, 4.69) is 27.9 Å². The second-order valence-electron chi connectivity index (χ2n) is 2.22. The standard InChI is InChI=1S/C7H8IN3O/c8-4-1-2-6(5(9)3-4)11-7(10)12/h1-3H,9H2,(H3,10,11,12). The first kappa shape index (κ1) is 9.11. The summed E-state index contributed by atoms with van der Waals surface area (Å²) in [6.07, 6.45) is 0. The van der Waals surface area contributed by atoms with E-state index in [0.29, 0.717) is 11.4 Å². The molecule has 0 saturated carbocycles. The van der Waals surface area contributed by atoms with Crippen molar-refractivity contribution >= 4 is 40.0 Å². The van der Waals surface area contributed by atoms with Gasteiger partial charge in [-0.05, 0) is 40.8 Å². The van der Waals surface area contributed by atoms with Crippen LogP contribution in [0.5, 0.6) is 0 Å². The van der Waals surface area contributed by atoms with E-state index >= 15 is 0 Å². The molecule has 0 saturated heterocycles. The van der Waals surface area contributed by atoms with Crippen molar-refractivity contribution in [2.45, 2.75) is 0 Å². The van der Waals surface area contributed by atoms with Crippen LogP contribution in [-0.4, -0.2) is 6.03 Å². The predicted octanol–water partition coefficient (Wildman–Crippen LogP) is 1.36. The third-order valence-corrected chi connectivity index (χ3v) is 1.94. The smallest absolute Gasteiger partial charge is 0.316 e. The SMILES string of the molecule is NC(=O)Nc1ccc(I)cc1N. The Bertz CT molecular complexity index is 314. The maximum atomic E-state index is 10.5. The van der Waals surface area contributed by atoms with Gasteiger partial charge in [-0.2, -0.15) is 0 Å². The summed E-state index contributed by atoms with van der Waals surface area (Å²) in [5, 5.41) is 2.41. The third kappa shape index (κ3) is 2.26. The lowest BCUT2D eigenvalue weighted by atomic mass is 10.3. The van der Waals surface area contributed by atoms with E-state index in [0.717, 1.165) is 3.57 Å². The second-order valence-corrected chi connectivity index (χ2v) is 3.47. The summed E-state index contributed by atoms with van der Waals surface area (Å²) in [7, 11) is 0. The van der Waals surface area contributed by atoms with Gasteiger partial charge in [0.05, 0.1) is 11.4 Å². The second kappa shape index (κ2) is 3.61. The summed E-state index contributed by atoms with van der Waals surface area (Å²) in [6.45, 7) is 0. The van der Waals surface area contributed by atoms with Crippen LogP contribution >= 0.6 is 22.6 Å². The van der Waals surface area contributed by atoms with E-state index in [1.807, 2.05) is 6.07 Å². The van der Waals surface area contributed by atoms with Gasteiger partial charge in [0.2, 0.25) is 0 Å². The number of carbonyl (C=O) groups is 1. The maximum absolute atomic E-state index is 10.5. The molecule has 2 amide bonds. The van der Waals surface area contributed by atoms with Gasteiger partial charge in [0, 0.05) is 3.57 Å². The van der Waals surface area contributed by atoms with E-state index in [1.165, 1.54) is 0 Å². The maximum Gasteiger partial charge on any atom is 0.316 e. The number of anilines is 2. The number of amides is 2. The van der Waals surface area contributed by atoms with Crippen LogP contribution in [0, 0.1) is 3.57 Å². The fourth-order valence-electron chi connectivity index (χ4n) is 0.780. The van der Waals surface area contributed by atoms with Crippen LogP contribution in [0.4, 0.5) is 16.2 Å². The first-order chi connectivity index (χ1) is 5.59. The summed E-state index contributed by atoms with van der Waals surface area (Å²) in [6, 6.07) is 4.69. The fraction of sp³-hybridized carbons (Fsp3) is 0. The number of primary amides is 1. The van der Waals surface area contributed by atoms with Crippen molar-refractivity contribution in [3.63, 3.8) is 0 Å². The van der Waals surface area contributed by atoms with E-state index in [4.69, 9.17) is 11.5 Å². The minimum Gasteiger partial charge on any atom is -0.397 e. The number of nitrogen functional groups attached to an aromatic ring is 1. The molecule has 64 valence electrons. The van der Waals surface area contributed by atoms with Gasteiger partial charge >= 0.3 is 6.03 Å². The summed E-state index contributed by atoms with van der Waals surface area (Å²) in [4.78, 5) is 10.5. The topological polar surface area (TPSA) is 81.1 Å². The van der Waals surface area contributed by atoms with Gasteiger partial charge < -0.3 is 16.8 Å². The molecule has 0 aromatic heterocycles. The quantitative estimate of drug-likeness (QED) is 0.535. The van der Waals surface area contributed by atoms with Gasteiger partial charge in [-0.3, -0.25) is 0 Å². The average molecular weight is 277 g/mol. The third-order valence-electron chi connectivity index (χ3n) is 1.27. The highest BCUT2D eigenvalue weighted by Gasteiger charge is 2.00. The largest absolute Gasteiger partial charge is 0.397 e. The van der Waals surface area contributed by atoms with E-state index in [1.54, 1.807) is 12.1 Å². The minimum atomic E-state index is -0.608. The number of hydrogen-bond donors (Lipinski definition) is 3. The van der Waals surface area contributed by atoms with Crippen LogP contribution in [0.15, 0.2) is 18.2 Å². The molecule has 0 atom stereocenters. The molecule has 1 rings (SSSR count). The molecule has 0 aliphatic carbocycles. The van der Waals surface area contributed by atoms with Crippen molar-refractivity contribution in [3.05, 3.63) is 21.8 Å². The molecule has 0 aliphatic heterocycles. The molecule has 5 N–H and O–H groups in total. The van der Waals surface area contributed by atoms with Crippen molar-refractivity contribution in [2.75, 3.05) is 11.1 Å². The van der Waals surface area contributed by atoms with Gasteiger partial charge in [-0.25, -0.2) is 4.79 Å². The summed E-state index contributed by atoms with van der Waals surface area (Å²) < 4.78 is 1.01.